The minimum absolute atomic E-state index is 0.499. The van der Waals surface area contributed by atoms with E-state index in [1.54, 1.807) is 0 Å². The summed E-state index contributed by atoms with van der Waals surface area (Å²) in [6.45, 7) is 4.87. The molecule has 0 heterocycles. The molecule has 1 aliphatic carbocycles. The third-order valence-corrected chi connectivity index (χ3v) is 4.01. The van der Waals surface area contributed by atoms with Crippen LogP contribution in [0.2, 0.25) is 0 Å². The molecule has 0 aromatic heterocycles. The molecule has 1 aliphatic rings. The average molecular weight is 287 g/mol. The quantitative estimate of drug-likeness (QED) is 0.700. The fraction of sp³-hybridized carbons (Fsp3) is 0.143. The van der Waals surface area contributed by atoms with Crippen molar-refractivity contribution in [2.45, 2.75) is 6.42 Å². The molecule has 0 saturated heterocycles. The van der Waals surface area contributed by atoms with Gasteiger partial charge in [-0.15, -0.1) is 0 Å². The fourth-order valence-corrected chi connectivity index (χ4v) is 2.86. The van der Waals surface area contributed by atoms with E-state index in [2.05, 4.69) is 90.4 Å². The Morgan fingerprint density at radius 2 is 1.55 bits per heavy atom. The van der Waals surface area contributed by atoms with E-state index in [-0.39, 0.29) is 0 Å². The standard InChI is InChI=1S/C21H21N/c1-2-18-10-9-11-19(16-18)17-22(20-12-5-3-6-13-20)21-14-7-4-8-15-21/h2-15,19H,1,16-17H2. The second-order valence-electron chi connectivity index (χ2n) is 5.58. The lowest BCUT2D eigenvalue weighted by molar-refractivity contribution is 0.644. The zero-order valence-corrected chi connectivity index (χ0v) is 12.7. The van der Waals surface area contributed by atoms with Gasteiger partial charge in [-0.2, -0.15) is 0 Å². The molecule has 0 amide bonds. The van der Waals surface area contributed by atoms with Gasteiger partial charge < -0.3 is 4.90 Å². The van der Waals surface area contributed by atoms with Crippen molar-refractivity contribution in [1.82, 2.24) is 0 Å². The molecule has 0 fully saturated rings. The molecule has 0 radical (unpaired) electrons. The molecule has 0 spiro atoms. The predicted molar refractivity (Wildman–Crippen MR) is 95.4 cm³/mol. The van der Waals surface area contributed by atoms with E-state index in [9.17, 15) is 0 Å². The number of nitrogens with zero attached hydrogens (tertiary/aromatic N) is 1. The summed E-state index contributed by atoms with van der Waals surface area (Å²) in [5.74, 6) is 0.499. The molecule has 2 aromatic carbocycles. The molecule has 2 aromatic rings. The maximum Gasteiger partial charge on any atom is 0.0410 e. The summed E-state index contributed by atoms with van der Waals surface area (Å²) < 4.78 is 0. The lowest BCUT2D eigenvalue weighted by atomic mass is 9.93. The highest BCUT2D eigenvalue weighted by molar-refractivity contribution is 5.63. The van der Waals surface area contributed by atoms with E-state index in [1.165, 1.54) is 16.9 Å². The highest BCUT2D eigenvalue weighted by atomic mass is 15.1. The number of hydrogen-bond donors (Lipinski definition) is 0. The van der Waals surface area contributed by atoms with Crippen molar-refractivity contribution >= 4 is 11.4 Å². The number of rotatable bonds is 5. The second kappa shape index (κ2) is 6.95. The first kappa shape index (κ1) is 14.4. The molecule has 0 bridgehead atoms. The number of anilines is 2. The third-order valence-electron chi connectivity index (χ3n) is 4.01. The van der Waals surface area contributed by atoms with Crippen LogP contribution in [0.4, 0.5) is 11.4 Å². The maximum absolute atomic E-state index is 3.90. The van der Waals surface area contributed by atoms with E-state index in [4.69, 9.17) is 0 Å². The van der Waals surface area contributed by atoms with Crippen LogP contribution in [0.15, 0.2) is 97.1 Å². The van der Waals surface area contributed by atoms with Gasteiger partial charge in [0, 0.05) is 17.9 Å². The molecule has 1 atom stereocenters. The highest BCUT2D eigenvalue weighted by Crippen LogP contribution is 2.29. The monoisotopic (exact) mass is 287 g/mol. The van der Waals surface area contributed by atoms with E-state index >= 15 is 0 Å². The summed E-state index contributed by atoms with van der Waals surface area (Å²) in [4.78, 5) is 2.39. The minimum Gasteiger partial charge on any atom is -0.341 e. The topological polar surface area (TPSA) is 3.24 Å². The summed E-state index contributed by atoms with van der Waals surface area (Å²) >= 11 is 0. The Labute approximate surface area is 132 Å². The van der Waals surface area contributed by atoms with Crippen LogP contribution in [0, 0.1) is 5.92 Å². The Balaban J connectivity index is 1.86. The summed E-state index contributed by atoms with van der Waals surface area (Å²) in [5.41, 5.74) is 3.78. The maximum atomic E-state index is 3.90. The summed E-state index contributed by atoms with van der Waals surface area (Å²) in [6, 6.07) is 21.2. The summed E-state index contributed by atoms with van der Waals surface area (Å²) in [5, 5.41) is 0. The zero-order chi connectivity index (χ0) is 15.2. The van der Waals surface area contributed by atoms with Crippen LogP contribution < -0.4 is 4.90 Å². The molecule has 0 N–H and O–H groups in total. The van der Waals surface area contributed by atoms with Crippen molar-refractivity contribution in [1.29, 1.82) is 0 Å². The van der Waals surface area contributed by atoms with Gasteiger partial charge in [0.1, 0.15) is 0 Å². The first-order valence-corrected chi connectivity index (χ1v) is 7.74. The molecule has 1 heteroatoms. The van der Waals surface area contributed by atoms with Gasteiger partial charge in [-0.1, -0.05) is 67.3 Å². The third kappa shape index (κ3) is 3.37. The smallest absolute Gasteiger partial charge is 0.0410 e. The largest absolute Gasteiger partial charge is 0.341 e. The number of allylic oxidation sites excluding steroid dienone is 4. The van der Waals surface area contributed by atoms with Gasteiger partial charge in [0.2, 0.25) is 0 Å². The van der Waals surface area contributed by atoms with Gasteiger partial charge in [-0.05, 0) is 42.2 Å². The Morgan fingerprint density at radius 3 is 2.09 bits per heavy atom. The van der Waals surface area contributed by atoms with Gasteiger partial charge in [0.15, 0.2) is 0 Å². The van der Waals surface area contributed by atoms with E-state index in [1.807, 2.05) is 6.08 Å². The minimum atomic E-state index is 0.499. The molecule has 0 aliphatic heterocycles. The van der Waals surface area contributed by atoms with E-state index < -0.39 is 0 Å². The molecule has 1 nitrogen and oxygen atoms in total. The molecular formula is C21H21N. The van der Waals surface area contributed by atoms with Gasteiger partial charge in [0.05, 0.1) is 0 Å². The molecule has 1 unspecified atom stereocenters. The summed E-state index contributed by atoms with van der Waals surface area (Å²) in [7, 11) is 0. The molecule has 22 heavy (non-hydrogen) atoms. The molecule has 3 rings (SSSR count). The van der Waals surface area contributed by atoms with Crippen LogP contribution in [-0.4, -0.2) is 6.54 Å². The van der Waals surface area contributed by atoms with Gasteiger partial charge in [-0.25, -0.2) is 0 Å². The number of para-hydroxylation sites is 2. The first-order valence-electron chi connectivity index (χ1n) is 7.74. The van der Waals surface area contributed by atoms with Crippen LogP contribution in [0.1, 0.15) is 6.42 Å². The van der Waals surface area contributed by atoms with Gasteiger partial charge in [0.25, 0.3) is 0 Å². The van der Waals surface area contributed by atoms with Crippen molar-refractivity contribution in [3.63, 3.8) is 0 Å². The van der Waals surface area contributed by atoms with Crippen molar-refractivity contribution in [3.8, 4) is 0 Å². The fourth-order valence-electron chi connectivity index (χ4n) is 2.86. The van der Waals surface area contributed by atoms with Crippen LogP contribution in [0.3, 0.4) is 0 Å². The Kier molecular flexibility index (Phi) is 4.55. The van der Waals surface area contributed by atoms with Gasteiger partial charge >= 0.3 is 0 Å². The lowest BCUT2D eigenvalue weighted by Gasteiger charge is -2.29. The Bertz CT molecular complexity index is 628. The van der Waals surface area contributed by atoms with Crippen molar-refractivity contribution < 1.29 is 0 Å². The van der Waals surface area contributed by atoms with Crippen LogP contribution in [0.25, 0.3) is 0 Å². The van der Waals surface area contributed by atoms with Gasteiger partial charge in [-0.3, -0.25) is 0 Å². The summed E-state index contributed by atoms with van der Waals surface area (Å²) in [6.07, 6.45) is 9.62. The molecule has 0 saturated carbocycles. The first-order chi connectivity index (χ1) is 10.9. The Hall–Kier alpha value is -2.54. The van der Waals surface area contributed by atoms with Crippen LogP contribution >= 0.6 is 0 Å². The SMILES string of the molecule is C=CC1=CC=CC(CN(c2ccccc2)c2ccccc2)C1. The van der Waals surface area contributed by atoms with Crippen molar-refractivity contribution in [2.75, 3.05) is 11.4 Å². The molecular weight excluding hydrogens is 266 g/mol. The van der Waals surface area contributed by atoms with Crippen LogP contribution in [0.5, 0.6) is 0 Å². The zero-order valence-electron chi connectivity index (χ0n) is 12.7. The Morgan fingerprint density at radius 1 is 0.955 bits per heavy atom. The number of hydrogen-bond acceptors (Lipinski definition) is 1. The lowest BCUT2D eigenvalue weighted by Crippen LogP contribution is -2.25. The predicted octanol–water partition coefficient (Wildman–Crippen LogP) is 5.51. The van der Waals surface area contributed by atoms with Crippen molar-refractivity contribution in [2.24, 2.45) is 5.92 Å². The van der Waals surface area contributed by atoms with E-state index in [0.29, 0.717) is 5.92 Å². The van der Waals surface area contributed by atoms with Crippen molar-refractivity contribution in [3.05, 3.63) is 97.1 Å². The average Bonchev–Trinajstić information content (AvgIpc) is 2.61. The normalized spacial score (nSPS) is 16.9. The highest BCUT2D eigenvalue weighted by Gasteiger charge is 2.16. The van der Waals surface area contributed by atoms with E-state index in [0.717, 1.165) is 13.0 Å². The molecule has 110 valence electrons. The van der Waals surface area contributed by atoms with Crippen LogP contribution in [-0.2, 0) is 0 Å². The number of benzene rings is 2. The second-order valence-corrected chi connectivity index (χ2v) is 5.58.